The number of methoxy groups -OCH3 is 2. The summed E-state index contributed by atoms with van der Waals surface area (Å²) >= 11 is -3.56. The van der Waals surface area contributed by atoms with Crippen LogP contribution in [-0.2, 0) is 0 Å². The van der Waals surface area contributed by atoms with Crippen molar-refractivity contribution in [3.05, 3.63) is 65.7 Å². The number of hydrogen-bond acceptors (Lipinski definition) is 3. The van der Waals surface area contributed by atoms with Gasteiger partial charge in [-0.05, 0) is 0 Å². The molecule has 0 saturated carbocycles. The number of allylic oxidation sites excluding steroid dienone is 2. The van der Waals surface area contributed by atoms with Crippen LogP contribution in [0, 0.1) is 0 Å². The fraction of sp³-hybridized carbons (Fsp3) is 0.167. The molecule has 134 valence electrons. The second kappa shape index (κ2) is 9.16. The van der Waals surface area contributed by atoms with Gasteiger partial charge >= 0.3 is 163 Å². The van der Waals surface area contributed by atoms with E-state index in [2.05, 4.69) is 0 Å². The van der Waals surface area contributed by atoms with Crippen LogP contribution in [0.15, 0.2) is 54.6 Å². The Morgan fingerprint density at radius 1 is 0.920 bits per heavy atom. The van der Waals surface area contributed by atoms with Crippen LogP contribution in [0.4, 0.5) is 0 Å². The van der Waals surface area contributed by atoms with E-state index in [1.807, 2.05) is 24.3 Å². The van der Waals surface area contributed by atoms with Gasteiger partial charge in [0.1, 0.15) is 0 Å². The summed E-state index contributed by atoms with van der Waals surface area (Å²) in [7, 11) is 21.6. The molecule has 0 bridgehead atoms. The molecule has 0 aliphatic carbocycles. The summed E-state index contributed by atoms with van der Waals surface area (Å²) < 4.78 is 10.9. The van der Waals surface area contributed by atoms with Crippen LogP contribution in [-0.4, -0.2) is 34.8 Å². The van der Waals surface area contributed by atoms with Crippen LogP contribution in [0.3, 0.4) is 0 Å². The number of carbonyl (C=O) groups excluding carboxylic acids is 1. The van der Waals surface area contributed by atoms with Gasteiger partial charge in [0.05, 0.1) is 0 Å². The van der Waals surface area contributed by atoms with E-state index in [1.54, 1.807) is 31.4 Å². The van der Waals surface area contributed by atoms with Gasteiger partial charge in [0.25, 0.3) is 0 Å². The zero-order valence-corrected chi connectivity index (χ0v) is 18.3. The van der Waals surface area contributed by atoms with Gasteiger partial charge in [0.15, 0.2) is 0 Å². The van der Waals surface area contributed by atoms with Crippen LogP contribution < -0.4 is 9.47 Å². The van der Waals surface area contributed by atoms with Gasteiger partial charge in [-0.2, -0.15) is 0 Å². The molecule has 0 amide bonds. The summed E-state index contributed by atoms with van der Waals surface area (Å²) in [6.07, 6.45) is 1.50. The third-order valence-corrected chi connectivity index (χ3v) is 7.47. The van der Waals surface area contributed by atoms with Crippen molar-refractivity contribution in [3.8, 4) is 11.5 Å². The number of para-hydroxylation sites is 2. The van der Waals surface area contributed by atoms with Gasteiger partial charge in [-0.25, -0.2) is 0 Å². The molecule has 0 fully saturated rings. The Balaban J connectivity index is 2.51. The quantitative estimate of drug-likeness (QED) is 0.273. The Morgan fingerprint density at radius 3 is 1.92 bits per heavy atom. The van der Waals surface area contributed by atoms with E-state index < -0.39 is 14.8 Å². The van der Waals surface area contributed by atoms with Crippen LogP contribution in [0.5, 0.6) is 11.5 Å². The summed E-state index contributed by atoms with van der Waals surface area (Å²) in [4.78, 5) is 12.8. The van der Waals surface area contributed by atoms with Crippen molar-refractivity contribution in [1.29, 1.82) is 0 Å². The van der Waals surface area contributed by atoms with Crippen molar-refractivity contribution in [2.24, 2.45) is 0 Å². The standard InChI is InChI=1S/C18H17Cl3O3Te/c1-23-17-9-5-3-7-14(17)13(12-25(19,20)21)11-16(22)15-8-4-6-10-18(15)24-2/h3-11H,12H2,1-2H3/b13-11+. The number of ether oxygens (including phenoxy) is 2. The first-order chi connectivity index (χ1) is 11.9. The van der Waals surface area contributed by atoms with Crippen LogP contribution in [0.2, 0.25) is 4.47 Å². The molecule has 0 spiro atoms. The number of benzene rings is 2. The molecular formula is C18H17Cl3O3Te. The SMILES string of the molecule is COc1ccccc1C(=O)/C=C(\C[Te](Cl)(Cl)Cl)c1ccccc1OC. The fourth-order valence-corrected chi connectivity index (χ4v) is 6.42. The Hall–Kier alpha value is -0.890. The van der Waals surface area contributed by atoms with Gasteiger partial charge in [0, 0.05) is 0 Å². The molecule has 2 aromatic rings. The first-order valence-corrected chi connectivity index (χ1v) is 17.8. The third kappa shape index (κ3) is 5.81. The summed E-state index contributed by atoms with van der Waals surface area (Å²) in [6.45, 7) is 0. The molecule has 0 N–H and O–H groups in total. The number of ketones is 1. The normalized spacial score (nSPS) is 12.6. The molecule has 0 heterocycles. The second-order valence-electron chi connectivity index (χ2n) is 5.08. The van der Waals surface area contributed by atoms with Crippen molar-refractivity contribution in [3.63, 3.8) is 0 Å². The van der Waals surface area contributed by atoms with Crippen molar-refractivity contribution in [1.82, 2.24) is 0 Å². The average molecular weight is 515 g/mol. The van der Waals surface area contributed by atoms with E-state index in [0.717, 1.165) is 5.56 Å². The monoisotopic (exact) mass is 516 g/mol. The van der Waals surface area contributed by atoms with Crippen LogP contribution >= 0.6 is 26.9 Å². The predicted molar refractivity (Wildman–Crippen MR) is 106 cm³/mol. The summed E-state index contributed by atoms with van der Waals surface area (Å²) in [5.74, 6) is 0.910. The van der Waals surface area contributed by atoms with E-state index in [9.17, 15) is 4.79 Å². The summed E-state index contributed by atoms with van der Waals surface area (Å²) in [6, 6.07) is 14.4. The fourth-order valence-electron chi connectivity index (χ4n) is 2.37. The van der Waals surface area contributed by atoms with Crippen molar-refractivity contribution in [2.45, 2.75) is 4.47 Å². The molecule has 0 saturated heterocycles. The Bertz CT molecular complexity index is 785. The predicted octanol–water partition coefficient (Wildman–Crippen LogP) is 5.63. The minimum atomic E-state index is -3.56. The molecule has 0 aliphatic heterocycles. The Morgan fingerprint density at radius 2 is 1.40 bits per heavy atom. The molecule has 0 aromatic heterocycles. The molecule has 0 aliphatic rings. The van der Waals surface area contributed by atoms with Gasteiger partial charge in [-0.15, -0.1) is 0 Å². The molecule has 25 heavy (non-hydrogen) atoms. The average Bonchev–Trinajstić information content (AvgIpc) is 2.59. The van der Waals surface area contributed by atoms with Crippen molar-refractivity contribution >= 4 is 53.1 Å². The van der Waals surface area contributed by atoms with E-state index in [1.165, 1.54) is 13.2 Å². The zero-order valence-electron chi connectivity index (χ0n) is 13.7. The van der Waals surface area contributed by atoms with Gasteiger partial charge in [0.2, 0.25) is 0 Å². The van der Waals surface area contributed by atoms with Gasteiger partial charge in [-0.3, -0.25) is 0 Å². The molecule has 0 atom stereocenters. The Kier molecular flexibility index (Phi) is 7.49. The topological polar surface area (TPSA) is 35.5 Å². The summed E-state index contributed by atoms with van der Waals surface area (Å²) in [5.41, 5.74) is 1.84. The molecule has 7 heteroatoms. The zero-order chi connectivity index (χ0) is 18.4. The van der Waals surface area contributed by atoms with Crippen LogP contribution in [0.1, 0.15) is 15.9 Å². The number of rotatable bonds is 7. The number of hydrogen-bond donors (Lipinski definition) is 0. The van der Waals surface area contributed by atoms with Gasteiger partial charge in [-0.1, -0.05) is 0 Å². The Labute approximate surface area is 162 Å². The molecular weight excluding hydrogens is 498 g/mol. The molecule has 2 aromatic carbocycles. The molecule has 3 nitrogen and oxygen atoms in total. The molecule has 0 unspecified atom stereocenters. The van der Waals surface area contributed by atoms with Crippen LogP contribution in [0.25, 0.3) is 5.57 Å². The maximum absolute atomic E-state index is 12.8. The minimum absolute atomic E-state index is 0.213. The number of halogens is 3. The van der Waals surface area contributed by atoms with E-state index in [-0.39, 0.29) is 10.3 Å². The van der Waals surface area contributed by atoms with E-state index >= 15 is 0 Å². The first-order valence-electron chi connectivity index (χ1n) is 7.27. The third-order valence-electron chi connectivity index (χ3n) is 3.45. The van der Waals surface area contributed by atoms with E-state index in [4.69, 9.17) is 36.4 Å². The van der Waals surface area contributed by atoms with Crippen molar-refractivity contribution in [2.75, 3.05) is 14.2 Å². The van der Waals surface area contributed by atoms with Gasteiger partial charge < -0.3 is 0 Å². The second-order valence-corrected chi connectivity index (χ2v) is 22.6. The first kappa shape index (κ1) is 20.4. The maximum atomic E-state index is 12.8. The van der Waals surface area contributed by atoms with E-state index in [0.29, 0.717) is 22.6 Å². The summed E-state index contributed by atoms with van der Waals surface area (Å²) in [5, 5.41) is 0. The molecule has 0 radical (unpaired) electrons. The molecule has 2 rings (SSSR count). The van der Waals surface area contributed by atoms with Crippen molar-refractivity contribution < 1.29 is 14.3 Å². The number of carbonyl (C=O) groups is 1.